The summed E-state index contributed by atoms with van der Waals surface area (Å²) in [6.45, 7) is 3.02. The van der Waals surface area contributed by atoms with Crippen LogP contribution in [-0.2, 0) is 6.54 Å². The molecule has 0 unspecified atom stereocenters. The SMILES string of the molecule is CC1(NCc2ncccn2)CC1. The molecule has 1 N–H and O–H groups in total. The minimum Gasteiger partial charge on any atom is -0.305 e. The van der Waals surface area contributed by atoms with E-state index >= 15 is 0 Å². The first-order valence-electron chi connectivity index (χ1n) is 4.29. The molecule has 0 atom stereocenters. The van der Waals surface area contributed by atoms with Gasteiger partial charge in [0.05, 0.1) is 6.54 Å². The predicted octanol–water partition coefficient (Wildman–Crippen LogP) is 1.12. The fourth-order valence-corrected chi connectivity index (χ4v) is 1.08. The van der Waals surface area contributed by atoms with E-state index in [-0.39, 0.29) is 0 Å². The fraction of sp³-hybridized carbons (Fsp3) is 0.556. The van der Waals surface area contributed by atoms with E-state index in [4.69, 9.17) is 0 Å². The van der Waals surface area contributed by atoms with E-state index in [0.717, 1.165) is 12.4 Å². The molecule has 1 saturated carbocycles. The molecule has 3 heteroatoms. The first-order valence-corrected chi connectivity index (χ1v) is 4.29. The van der Waals surface area contributed by atoms with E-state index < -0.39 is 0 Å². The maximum atomic E-state index is 4.14. The van der Waals surface area contributed by atoms with Gasteiger partial charge in [-0.1, -0.05) is 0 Å². The molecular formula is C9H13N3. The van der Waals surface area contributed by atoms with E-state index in [2.05, 4.69) is 22.2 Å². The van der Waals surface area contributed by atoms with Gasteiger partial charge in [-0.25, -0.2) is 9.97 Å². The summed E-state index contributed by atoms with van der Waals surface area (Å²) in [6.07, 6.45) is 6.11. The van der Waals surface area contributed by atoms with E-state index in [1.54, 1.807) is 12.4 Å². The fourth-order valence-electron chi connectivity index (χ4n) is 1.08. The average molecular weight is 163 g/mol. The topological polar surface area (TPSA) is 37.8 Å². The molecule has 1 heterocycles. The molecule has 1 aromatic heterocycles. The summed E-state index contributed by atoms with van der Waals surface area (Å²) in [5, 5.41) is 3.42. The van der Waals surface area contributed by atoms with Crippen molar-refractivity contribution in [2.75, 3.05) is 0 Å². The number of nitrogens with zero attached hydrogens (tertiary/aromatic N) is 2. The lowest BCUT2D eigenvalue weighted by Crippen LogP contribution is -2.27. The van der Waals surface area contributed by atoms with Crippen molar-refractivity contribution >= 4 is 0 Å². The lowest BCUT2D eigenvalue weighted by atomic mass is 10.3. The van der Waals surface area contributed by atoms with Gasteiger partial charge in [0.1, 0.15) is 5.82 Å². The number of aromatic nitrogens is 2. The summed E-state index contributed by atoms with van der Waals surface area (Å²) in [5.41, 5.74) is 0.374. The van der Waals surface area contributed by atoms with Gasteiger partial charge in [-0.05, 0) is 25.8 Å². The molecule has 0 bridgehead atoms. The highest BCUT2D eigenvalue weighted by Gasteiger charge is 2.36. The van der Waals surface area contributed by atoms with Gasteiger partial charge >= 0.3 is 0 Å². The van der Waals surface area contributed by atoms with Gasteiger partial charge in [0.25, 0.3) is 0 Å². The van der Waals surface area contributed by atoms with Crippen molar-refractivity contribution < 1.29 is 0 Å². The Morgan fingerprint density at radius 1 is 1.42 bits per heavy atom. The van der Waals surface area contributed by atoms with Crippen LogP contribution in [0.25, 0.3) is 0 Å². The van der Waals surface area contributed by atoms with Crippen LogP contribution < -0.4 is 5.32 Å². The summed E-state index contributed by atoms with van der Waals surface area (Å²) in [5.74, 6) is 0.880. The van der Waals surface area contributed by atoms with Gasteiger partial charge in [-0.15, -0.1) is 0 Å². The van der Waals surface area contributed by atoms with Crippen molar-refractivity contribution in [1.29, 1.82) is 0 Å². The highest BCUT2D eigenvalue weighted by molar-refractivity contribution is 4.99. The molecule has 0 amide bonds. The third-order valence-corrected chi connectivity index (χ3v) is 2.29. The molecule has 0 aliphatic heterocycles. The summed E-state index contributed by atoms with van der Waals surface area (Å²) in [4.78, 5) is 8.27. The zero-order valence-electron chi connectivity index (χ0n) is 7.25. The molecule has 1 aliphatic carbocycles. The Bertz CT molecular complexity index is 254. The van der Waals surface area contributed by atoms with Crippen LogP contribution in [0.5, 0.6) is 0 Å². The molecule has 64 valence electrons. The number of rotatable bonds is 3. The quantitative estimate of drug-likeness (QED) is 0.725. The molecule has 12 heavy (non-hydrogen) atoms. The third-order valence-electron chi connectivity index (χ3n) is 2.29. The smallest absolute Gasteiger partial charge is 0.141 e. The molecule has 1 aliphatic rings. The molecule has 1 aromatic rings. The van der Waals surface area contributed by atoms with Crippen LogP contribution in [0.2, 0.25) is 0 Å². The third kappa shape index (κ3) is 1.80. The van der Waals surface area contributed by atoms with Crippen molar-refractivity contribution in [2.45, 2.75) is 31.8 Å². The zero-order chi connectivity index (χ0) is 8.44. The molecule has 2 rings (SSSR count). The second kappa shape index (κ2) is 2.83. The maximum absolute atomic E-state index is 4.14. The molecule has 0 spiro atoms. The average Bonchev–Trinajstić information content (AvgIpc) is 2.84. The first-order chi connectivity index (χ1) is 5.79. The van der Waals surface area contributed by atoms with Crippen molar-refractivity contribution in [1.82, 2.24) is 15.3 Å². The van der Waals surface area contributed by atoms with Crippen LogP contribution in [0.4, 0.5) is 0 Å². The monoisotopic (exact) mass is 163 g/mol. The Morgan fingerprint density at radius 2 is 2.08 bits per heavy atom. The highest BCUT2D eigenvalue weighted by Crippen LogP contribution is 2.34. The van der Waals surface area contributed by atoms with Gasteiger partial charge in [0, 0.05) is 17.9 Å². The number of hydrogen-bond donors (Lipinski definition) is 1. The summed E-state index contributed by atoms with van der Waals surface area (Å²) >= 11 is 0. The molecule has 1 fully saturated rings. The Morgan fingerprint density at radius 3 is 2.67 bits per heavy atom. The van der Waals surface area contributed by atoms with Gasteiger partial charge in [0.2, 0.25) is 0 Å². The molecular weight excluding hydrogens is 150 g/mol. The van der Waals surface area contributed by atoms with Crippen LogP contribution in [-0.4, -0.2) is 15.5 Å². The lowest BCUT2D eigenvalue weighted by Gasteiger charge is -2.09. The minimum absolute atomic E-state index is 0.374. The molecule has 0 saturated heterocycles. The van der Waals surface area contributed by atoms with Crippen LogP contribution >= 0.6 is 0 Å². The Hall–Kier alpha value is -0.960. The van der Waals surface area contributed by atoms with Crippen molar-refractivity contribution in [3.05, 3.63) is 24.3 Å². The largest absolute Gasteiger partial charge is 0.305 e. The Balaban J connectivity index is 1.88. The number of nitrogens with one attached hydrogen (secondary N) is 1. The van der Waals surface area contributed by atoms with Crippen LogP contribution in [0.15, 0.2) is 18.5 Å². The zero-order valence-corrected chi connectivity index (χ0v) is 7.25. The molecule has 0 aromatic carbocycles. The van der Waals surface area contributed by atoms with Crippen LogP contribution in [0, 0.1) is 0 Å². The second-order valence-corrected chi connectivity index (χ2v) is 3.58. The van der Waals surface area contributed by atoms with Crippen molar-refractivity contribution in [3.8, 4) is 0 Å². The van der Waals surface area contributed by atoms with Crippen molar-refractivity contribution in [2.24, 2.45) is 0 Å². The standard InChI is InChI=1S/C9H13N3/c1-9(3-4-9)12-7-8-10-5-2-6-11-8/h2,5-6,12H,3-4,7H2,1H3. The lowest BCUT2D eigenvalue weighted by molar-refractivity contribution is 0.525. The second-order valence-electron chi connectivity index (χ2n) is 3.58. The predicted molar refractivity (Wildman–Crippen MR) is 46.5 cm³/mol. The maximum Gasteiger partial charge on any atom is 0.141 e. The van der Waals surface area contributed by atoms with E-state index in [9.17, 15) is 0 Å². The summed E-state index contributed by atoms with van der Waals surface area (Å²) in [7, 11) is 0. The number of hydrogen-bond acceptors (Lipinski definition) is 3. The van der Waals surface area contributed by atoms with Gasteiger partial charge in [-0.3, -0.25) is 0 Å². The van der Waals surface area contributed by atoms with Crippen molar-refractivity contribution in [3.63, 3.8) is 0 Å². The van der Waals surface area contributed by atoms with Gasteiger partial charge in [-0.2, -0.15) is 0 Å². The van der Waals surface area contributed by atoms with Crippen LogP contribution in [0.3, 0.4) is 0 Å². The van der Waals surface area contributed by atoms with E-state index in [1.165, 1.54) is 12.8 Å². The highest BCUT2D eigenvalue weighted by atomic mass is 15.0. The van der Waals surface area contributed by atoms with Crippen LogP contribution in [0.1, 0.15) is 25.6 Å². The van der Waals surface area contributed by atoms with E-state index in [1.807, 2.05) is 6.07 Å². The molecule has 3 nitrogen and oxygen atoms in total. The summed E-state index contributed by atoms with van der Waals surface area (Å²) < 4.78 is 0. The Kier molecular flexibility index (Phi) is 1.81. The van der Waals surface area contributed by atoms with Gasteiger partial charge in [0.15, 0.2) is 0 Å². The van der Waals surface area contributed by atoms with Gasteiger partial charge < -0.3 is 5.32 Å². The Labute approximate surface area is 72.2 Å². The normalized spacial score (nSPS) is 19.1. The van der Waals surface area contributed by atoms with E-state index in [0.29, 0.717) is 5.54 Å². The minimum atomic E-state index is 0.374. The molecule has 0 radical (unpaired) electrons. The summed E-state index contributed by atoms with van der Waals surface area (Å²) in [6, 6.07) is 1.84. The first kappa shape index (κ1) is 7.68.